The zero-order valence-electron chi connectivity index (χ0n) is 14.8. The molecule has 1 saturated heterocycles. The summed E-state index contributed by atoms with van der Waals surface area (Å²) in [7, 11) is 1.59. The van der Waals surface area contributed by atoms with Crippen LogP contribution >= 0.6 is 0 Å². The Morgan fingerprint density at radius 1 is 0.962 bits per heavy atom. The number of methoxy groups -OCH3 is 1. The molecule has 0 spiro atoms. The van der Waals surface area contributed by atoms with Crippen LogP contribution in [0, 0.1) is 0 Å². The quantitative estimate of drug-likeness (QED) is 0.730. The Labute approximate surface area is 152 Å². The number of aromatic nitrogens is 1. The van der Waals surface area contributed by atoms with Crippen molar-refractivity contribution in [1.29, 1.82) is 0 Å². The van der Waals surface area contributed by atoms with Crippen LogP contribution in [0.4, 0.5) is 5.82 Å². The lowest BCUT2D eigenvalue weighted by Crippen LogP contribution is -2.49. The van der Waals surface area contributed by atoms with Gasteiger partial charge in [0.2, 0.25) is 0 Å². The van der Waals surface area contributed by atoms with Crippen molar-refractivity contribution in [2.24, 2.45) is 0 Å². The molecule has 1 aliphatic rings. The third-order valence-electron chi connectivity index (χ3n) is 4.86. The first-order valence-corrected chi connectivity index (χ1v) is 8.79. The predicted octanol–water partition coefficient (Wildman–Crippen LogP) is 3.21. The van der Waals surface area contributed by atoms with Crippen molar-refractivity contribution in [3.63, 3.8) is 0 Å². The topological polar surface area (TPSA) is 45.7 Å². The van der Waals surface area contributed by atoms with Gasteiger partial charge >= 0.3 is 0 Å². The van der Waals surface area contributed by atoms with E-state index in [0.717, 1.165) is 24.3 Å². The first kappa shape index (κ1) is 16.4. The number of ether oxygens (including phenoxy) is 1. The Hall–Kier alpha value is -3.08. The summed E-state index contributed by atoms with van der Waals surface area (Å²) in [5.74, 6) is 1.64. The summed E-state index contributed by atoms with van der Waals surface area (Å²) in [5, 5.41) is 2.34. The van der Waals surface area contributed by atoms with E-state index >= 15 is 0 Å². The summed E-state index contributed by atoms with van der Waals surface area (Å²) in [4.78, 5) is 21.6. The smallest absolute Gasteiger partial charge is 0.257 e. The molecule has 0 saturated carbocycles. The van der Waals surface area contributed by atoms with Crippen molar-refractivity contribution in [2.45, 2.75) is 0 Å². The minimum atomic E-state index is 0.0213. The predicted molar refractivity (Wildman–Crippen MR) is 103 cm³/mol. The van der Waals surface area contributed by atoms with Crippen molar-refractivity contribution in [2.75, 3.05) is 38.2 Å². The van der Waals surface area contributed by atoms with E-state index in [0.29, 0.717) is 24.4 Å². The van der Waals surface area contributed by atoms with E-state index in [-0.39, 0.29) is 5.91 Å². The molecule has 0 atom stereocenters. The van der Waals surface area contributed by atoms with E-state index in [1.165, 1.54) is 5.39 Å². The van der Waals surface area contributed by atoms with Gasteiger partial charge in [-0.05, 0) is 23.6 Å². The van der Waals surface area contributed by atoms with Crippen molar-refractivity contribution in [3.05, 3.63) is 66.4 Å². The molecule has 3 aromatic rings. The normalized spacial score (nSPS) is 14.5. The molecule has 1 fully saturated rings. The molecule has 0 unspecified atom stereocenters. The maximum absolute atomic E-state index is 12.8. The van der Waals surface area contributed by atoms with Crippen molar-refractivity contribution < 1.29 is 9.53 Å². The highest BCUT2D eigenvalue weighted by atomic mass is 16.5. The highest BCUT2D eigenvalue weighted by Crippen LogP contribution is 2.26. The van der Waals surface area contributed by atoms with E-state index in [9.17, 15) is 4.79 Å². The fourth-order valence-corrected chi connectivity index (χ4v) is 3.47. The molecule has 1 aliphatic heterocycles. The number of nitrogens with zero attached hydrogens (tertiary/aromatic N) is 3. The van der Waals surface area contributed by atoms with Gasteiger partial charge in [0.05, 0.1) is 12.7 Å². The number of carbonyl (C=O) groups is 1. The van der Waals surface area contributed by atoms with Gasteiger partial charge in [-0.25, -0.2) is 4.98 Å². The van der Waals surface area contributed by atoms with E-state index in [2.05, 4.69) is 22.0 Å². The molecule has 26 heavy (non-hydrogen) atoms. The maximum Gasteiger partial charge on any atom is 0.257 e. The molecule has 1 aromatic heterocycles. The van der Waals surface area contributed by atoms with Crippen LogP contribution in [-0.2, 0) is 0 Å². The SMILES string of the molecule is COc1ccccc1C(=O)N1CCN(c2nccc3ccccc23)CC1. The standard InChI is InChI=1S/C21H21N3O2/c1-26-19-9-5-4-8-18(19)21(25)24-14-12-23(13-15-24)20-17-7-3-2-6-16(17)10-11-22-20/h2-11H,12-15H2,1H3. The number of rotatable bonds is 3. The zero-order chi connectivity index (χ0) is 17.9. The highest BCUT2D eigenvalue weighted by molar-refractivity contribution is 5.97. The number of anilines is 1. The fraction of sp³-hybridized carbons (Fsp3) is 0.238. The first-order chi connectivity index (χ1) is 12.8. The van der Waals surface area contributed by atoms with Gasteiger partial charge in [0.15, 0.2) is 0 Å². The number of hydrogen-bond donors (Lipinski definition) is 0. The van der Waals surface area contributed by atoms with Gasteiger partial charge in [0.25, 0.3) is 5.91 Å². The fourth-order valence-electron chi connectivity index (χ4n) is 3.47. The number of piperazine rings is 1. The number of carbonyl (C=O) groups excluding carboxylic acids is 1. The number of fused-ring (bicyclic) bond motifs is 1. The second kappa shape index (κ2) is 7.04. The van der Waals surface area contributed by atoms with E-state index < -0.39 is 0 Å². The number of para-hydroxylation sites is 1. The zero-order valence-corrected chi connectivity index (χ0v) is 14.8. The summed E-state index contributed by atoms with van der Waals surface area (Å²) in [6, 6.07) is 17.7. The number of benzene rings is 2. The Kier molecular flexibility index (Phi) is 4.44. The molecule has 4 rings (SSSR count). The Morgan fingerprint density at radius 2 is 1.69 bits per heavy atom. The summed E-state index contributed by atoms with van der Waals surface area (Å²) in [6.07, 6.45) is 1.85. The average molecular weight is 347 g/mol. The molecule has 0 radical (unpaired) electrons. The van der Waals surface area contributed by atoms with Gasteiger partial charge in [0, 0.05) is 37.8 Å². The summed E-state index contributed by atoms with van der Waals surface area (Å²) >= 11 is 0. The van der Waals surface area contributed by atoms with Crippen molar-refractivity contribution in [1.82, 2.24) is 9.88 Å². The molecule has 2 aromatic carbocycles. The van der Waals surface area contributed by atoms with Crippen LogP contribution in [-0.4, -0.2) is 49.1 Å². The molecule has 0 bridgehead atoms. The Balaban J connectivity index is 1.51. The van der Waals surface area contributed by atoms with Crippen molar-refractivity contribution >= 4 is 22.5 Å². The molecule has 5 nitrogen and oxygen atoms in total. The third kappa shape index (κ3) is 2.96. The lowest BCUT2D eigenvalue weighted by molar-refractivity contribution is 0.0743. The van der Waals surface area contributed by atoms with Crippen LogP contribution in [0.15, 0.2) is 60.8 Å². The molecule has 1 amide bonds. The molecule has 2 heterocycles. The molecule has 0 aliphatic carbocycles. The second-order valence-electron chi connectivity index (χ2n) is 6.34. The van der Waals surface area contributed by atoms with Gasteiger partial charge < -0.3 is 14.5 Å². The summed E-state index contributed by atoms with van der Waals surface area (Å²) < 4.78 is 5.33. The second-order valence-corrected chi connectivity index (χ2v) is 6.34. The lowest BCUT2D eigenvalue weighted by atomic mass is 10.1. The molecular weight excluding hydrogens is 326 g/mol. The number of amides is 1. The van der Waals surface area contributed by atoms with Crippen LogP contribution in [0.2, 0.25) is 0 Å². The van der Waals surface area contributed by atoms with Crippen LogP contribution in [0.3, 0.4) is 0 Å². The largest absolute Gasteiger partial charge is 0.496 e. The lowest BCUT2D eigenvalue weighted by Gasteiger charge is -2.36. The van der Waals surface area contributed by atoms with Gasteiger partial charge in [-0.2, -0.15) is 0 Å². The van der Waals surface area contributed by atoms with Crippen molar-refractivity contribution in [3.8, 4) is 5.75 Å². The highest BCUT2D eigenvalue weighted by Gasteiger charge is 2.25. The van der Waals surface area contributed by atoms with E-state index in [4.69, 9.17) is 4.74 Å². The van der Waals surface area contributed by atoms with Crippen LogP contribution in [0.5, 0.6) is 5.75 Å². The Bertz CT molecular complexity index is 928. The average Bonchev–Trinajstić information content (AvgIpc) is 2.73. The minimum Gasteiger partial charge on any atom is -0.496 e. The van der Waals surface area contributed by atoms with E-state index in [1.54, 1.807) is 7.11 Å². The van der Waals surface area contributed by atoms with Gasteiger partial charge in [0.1, 0.15) is 11.6 Å². The maximum atomic E-state index is 12.8. The summed E-state index contributed by atoms with van der Waals surface area (Å²) in [6.45, 7) is 2.87. The van der Waals surface area contributed by atoms with Gasteiger partial charge in [-0.1, -0.05) is 36.4 Å². The van der Waals surface area contributed by atoms with E-state index in [1.807, 2.05) is 53.6 Å². The molecule has 0 N–H and O–H groups in total. The van der Waals surface area contributed by atoms with Gasteiger partial charge in [-0.15, -0.1) is 0 Å². The van der Waals surface area contributed by atoms with Crippen LogP contribution < -0.4 is 9.64 Å². The van der Waals surface area contributed by atoms with Crippen LogP contribution in [0.25, 0.3) is 10.8 Å². The van der Waals surface area contributed by atoms with Gasteiger partial charge in [-0.3, -0.25) is 4.79 Å². The molecule has 132 valence electrons. The monoisotopic (exact) mass is 347 g/mol. The van der Waals surface area contributed by atoms with Crippen LogP contribution in [0.1, 0.15) is 10.4 Å². The summed E-state index contributed by atoms with van der Waals surface area (Å²) in [5.41, 5.74) is 0.617. The number of pyridine rings is 1. The molecular formula is C21H21N3O2. The Morgan fingerprint density at radius 3 is 2.50 bits per heavy atom. The number of hydrogen-bond acceptors (Lipinski definition) is 4. The minimum absolute atomic E-state index is 0.0213. The third-order valence-corrected chi connectivity index (χ3v) is 4.86. The molecule has 5 heteroatoms. The first-order valence-electron chi connectivity index (χ1n) is 8.79.